The third-order valence-electron chi connectivity index (χ3n) is 7.04. The first-order chi connectivity index (χ1) is 17.8. The summed E-state index contributed by atoms with van der Waals surface area (Å²) < 4.78 is 79.9. The molecule has 0 amide bonds. The Morgan fingerprint density at radius 2 is 1.49 bits per heavy atom. The first kappa shape index (κ1) is 27.1. The Kier molecular flexibility index (Phi) is 8.80. The summed E-state index contributed by atoms with van der Waals surface area (Å²) in [6.07, 6.45) is 7.02. The lowest BCUT2D eigenvalue weighted by molar-refractivity contribution is 0.0317. The van der Waals surface area contributed by atoms with Crippen molar-refractivity contribution in [3.05, 3.63) is 106 Å². The highest BCUT2D eigenvalue weighted by Gasteiger charge is 2.27. The SMILES string of the molecule is CC=CC1CCC(c2ccc(-c3ccc(CCc4ccc(CCC)c(F)c4)c(F)c3F)c(F)c2F)CO1. The zero-order valence-corrected chi connectivity index (χ0v) is 21.1. The summed E-state index contributed by atoms with van der Waals surface area (Å²) in [6, 6.07) is 10.3. The van der Waals surface area contributed by atoms with Crippen molar-refractivity contribution in [2.75, 3.05) is 6.61 Å². The highest BCUT2D eigenvalue weighted by Crippen LogP contribution is 2.36. The molecule has 196 valence electrons. The fraction of sp³-hybridized carbons (Fsp3) is 0.355. The van der Waals surface area contributed by atoms with Gasteiger partial charge in [-0.15, -0.1) is 0 Å². The highest BCUT2D eigenvalue weighted by molar-refractivity contribution is 5.66. The van der Waals surface area contributed by atoms with Crippen molar-refractivity contribution >= 4 is 0 Å². The fourth-order valence-electron chi connectivity index (χ4n) is 4.96. The second-order valence-corrected chi connectivity index (χ2v) is 9.58. The van der Waals surface area contributed by atoms with E-state index in [-0.39, 0.29) is 53.1 Å². The first-order valence-corrected chi connectivity index (χ1v) is 12.8. The molecule has 0 radical (unpaired) electrons. The third kappa shape index (κ3) is 5.96. The monoisotopic (exact) mass is 514 g/mol. The van der Waals surface area contributed by atoms with Crippen LogP contribution in [0, 0.1) is 29.1 Å². The van der Waals surface area contributed by atoms with Crippen LogP contribution in [0.1, 0.15) is 61.3 Å². The molecule has 3 aromatic rings. The first-order valence-electron chi connectivity index (χ1n) is 12.8. The van der Waals surface area contributed by atoms with E-state index in [1.54, 1.807) is 12.1 Å². The van der Waals surface area contributed by atoms with Gasteiger partial charge in [-0.2, -0.15) is 0 Å². The predicted molar refractivity (Wildman–Crippen MR) is 136 cm³/mol. The molecule has 1 heterocycles. The second-order valence-electron chi connectivity index (χ2n) is 9.58. The van der Waals surface area contributed by atoms with Crippen molar-refractivity contribution in [3.63, 3.8) is 0 Å². The summed E-state index contributed by atoms with van der Waals surface area (Å²) in [7, 11) is 0. The summed E-state index contributed by atoms with van der Waals surface area (Å²) in [4.78, 5) is 0. The highest BCUT2D eigenvalue weighted by atomic mass is 19.2. The maximum absolute atomic E-state index is 15.1. The molecule has 0 spiro atoms. The summed E-state index contributed by atoms with van der Waals surface area (Å²) in [5.74, 6) is -5.23. The molecule has 2 unspecified atom stereocenters. The van der Waals surface area contributed by atoms with Gasteiger partial charge in [-0.3, -0.25) is 0 Å². The minimum absolute atomic E-state index is 0.0385. The van der Waals surface area contributed by atoms with Gasteiger partial charge in [0.1, 0.15) is 5.82 Å². The van der Waals surface area contributed by atoms with Crippen LogP contribution < -0.4 is 0 Å². The smallest absolute Gasteiger partial charge is 0.167 e. The Hall–Kier alpha value is -2.99. The topological polar surface area (TPSA) is 9.23 Å². The molecule has 0 N–H and O–H groups in total. The number of ether oxygens (including phenoxy) is 1. The van der Waals surface area contributed by atoms with Gasteiger partial charge in [-0.1, -0.05) is 61.9 Å². The van der Waals surface area contributed by atoms with Crippen molar-refractivity contribution in [1.29, 1.82) is 0 Å². The van der Waals surface area contributed by atoms with Gasteiger partial charge in [0.05, 0.1) is 12.7 Å². The van der Waals surface area contributed by atoms with Crippen LogP contribution in [0.2, 0.25) is 0 Å². The van der Waals surface area contributed by atoms with E-state index in [0.29, 0.717) is 36.8 Å². The molecular formula is C31H31F5O. The number of hydrogen-bond donors (Lipinski definition) is 0. The summed E-state index contributed by atoms with van der Waals surface area (Å²) in [5, 5.41) is 0. The molecule has 1 nitrogen and oxygen atoms in total. The van der Waals surface area contributed by atoms with Crippen molar-refractivity contribution in [2.45, 2.75) is 64.4 Å². The molecule has 0 aliphatic carbocycles. The molecule has 1 saturated heterocycles. The number of allylic oxidation sites excluding steroid dienone is 1. The van der Waals surface area contributed by atoms with Crippen LogP contribution >= 0.6 is 0 Å². The van der Waals surface area contributed by atoms with Gasteiger partial charge in [0.15, 0.2) is 23.3 Å². The Morgan fingerprint density at radius 3 is 2.14 bits per heavy atom. The van der Waals surface area contributed by atoms with Crippen molar-refractivity contribution in [1.82, 2.24) is 0 Å². The van der Waals surface area contributed by atoms with Gasteiger partial charge in [0.2, 0.25) is 0 Å². The quantitative estimate of drug-likeness (QED) is 0.216. The van der Waals surface area contributed by atoms with Crippen LogP contribution in [0.3, 0.4) is 0 Å². The molecule has 1 aliphatic rings. The van der Waals surface area contributed by atoms with E-state index < -0.39 is 23.3 Å². The molecule has 37 heavy (non-hydrogen) atoms. The van der Waals surface area contributed by atoms with Gasteiger partial charge >= 0.3 is 0 Å². The zero-order chi connectivity index (χ0) is 26.5. The molecular weight excluding hydrogens is 483 g/mol. The number of hydrogen-bond acceptors (Lipinski definition) is 1. The van der Waals surface area contributed by atoms with Crippen LogP contribution in [-0.2, 0) is 24.0 Å². The average Bonchev–Trinajstić information content (AvgIpc) is 2.89. The lowest BCUT2D eigenvalue weighted by atomic mass is 9.89. The van der Waals surface area contributed by atoms with Gasteiger partial charge < -0.3 is 4.74 Å². The Bertz CT molecular complexity index is 1280. The van der Waals surface area contributed by atoms with E-state index >= 15 is 13.2 Å². The molecule has 0 bridgehead atoms. The summed E-state index contributed by atoms with van der Waals surface area (Å²) >= 11 is 0. The van der Waals surface area contributed by atoms with Crippen molar-refractivity contribution in [3.8, 4) is 11.1 Å². The Balaban J connectivity index is 1.51. The standard InChI is InChI=1S/C31H31F5O/c1-3-5-20-9-7-19(17-27(20)32)8-10-21-12-14-25(30(35)28(21)33)26-16-15-24(29(34)31(26)36)22-11-13-23(6-4-2)37-18-22/h4,6-7,9,12,14-17,22-23H,3,5,8,10-11,13,18H2,1-2H3. The van der Waals surface area contributed by atoms with Crippen LogP contribution in [0.5, 0.6) is 0 Å². The van der Waals surface area contributed by atoms with Gasteiger partial charge in [-0.25, -0.2) is 22.0 Å². The van der Waals surface area contributed by atoms with E-state index in [9.17, 15) is 8.78 Å². The van der Waals surface area contributed by atoms with Crippen molar-refractivity contribution in [2.24, 2.45) is 0 Å². The number of halogens is 5. The van der Waals surface area contributed by atoms with E-state index in [0.717, 1.165) is 6.42 Å². The largest absolute Gasteiger partial charge is 0.374 e. The average molecular weight is 515 g/mol. The maximum atomic E-state index is 15.1. The van der Waals surface area contributed by atoms with E-state index in [2.05, 4.69) is 0 Å². The molecule has 4 rings (SSSR count). The number of benzene rings is 3. The maximum Gasteiger partial charge on any atom is 0.167 e. The number of aryl methyl sites for hydroxylation is 3. The van der Waals surface area contributed by atoms with Gasteiger partial charge in [-0.05, 0) is 67.3 Å². The third-order valence-corrected chi connectivity index (χ3v) is 7.04. The van der Waals surface area contributed by atoms with Crippen molar-refractivity contribution < 1.29 is 26.7 Å². The van der Waals surface area contributed by atoms with Crippen LogP contribution in [0.4, 0.5) is 22.0 Å². The van der Waals surface area contributed by atoms with Crippen LogP contribution in [0.25, 0.3) is 11.1 Å². The summed E-state index contributed by atoms with van der Waals surface area (Å²) in [5.41, 5.74) is 0.894. The summed E-state index contributed by atoms with van der Waals surface area (Å²) in [6.45, 7) is 4.12. The lowest BCUT2D eigenvalue weighted by Gasteiger charge is -2.28. The molecule has 0 saturated carbocycles. The van der Waals surface area contributed by atoms with E-state index in [1.165, 1.54) is 30.3 Å². The van der Waals surface area contributed by atoms with E-state index in [1.807, 2.05) is 26.0 Å². The normalized spacial score (nSPS) is 18.0. The Labute approximate surface area is 215 Å². The molecule has 6 heteroatoms. The van der Waals surface area contributed by atoms with Crippen LogP contribution in [0.15, 0.2) is 54.6 Å². The van der Waals surface area contributed by atoms with E-state index in [4.69, 9.17) is 4.74 Å². The fourth-order valence-corrected chi connectivity index (χ4v) is 4.96. The molecule has 1 fully saturated rings. The lowest BCUT2D eigenvalue weighted by Crippen LogP contribution is -2.24. The molecule has 2 atom stereocenters. The van der Waals surface area contributed by atoms with Gasteiger partial charge in [0.25, 0.3) is 0 Å². The Morgan fingerprint density at radius 1 is 0.784 bits per heavy atom. The molecule has 3 aromatic carbocycles. The molecule has 0 aromatic heterocycles. The predicted octanol–water partition coefficient (Wildman–Crippen LogP) is 8.63. The van der Waals surface area contributed by atoms with Gasteiger partial charge in [0, 0.05) is 17.0 Å². The second kappa shape index (κ2) is 12.0. The minimum atomic E-state index is -1.23. The molecule has 1 aliphatic heterocycles. The van der Waals surface area contributed by atoms with Crippen LogP contribution in [-0.4, -0.2) is 12.7 Å². The minimum Gasteiger partial charge on any atom is -0.374 e. The number of rotatable bonds is 8. The zero-order valence-electron chi connectivity index (χ0n) is 21.1.